The van der Waals surface area contributed by atoms with Crippen LogP contribution in [0.25, 0.3) is 0 Å². The summed E-state index contributed by atoms with van der Waals surface area (Å²) in [4.78, 5) is 2.42. The van der Waals surface area contributed by atoms with Crippen LogP contribution in [0.1, 0.15) is 12.2 Å². The molecule has 0 radical (unpaired) electrons. The predicted octanol–water partition coefficient (Wildman–Crippen LogP) is -0.348. The molecule has 0 amide bonds. The van der Waals surface area contributed by atoms with Gasteiger partial charge in [0.2, 0.25) is 5.95 Å². The molecule has 0 spiro atoms. The molecule has 1 aliphatic rings. The minimum absolute atomic E-state index is 0.822. The summed E-state index contributed by atoms with van der Waals surface area (Å²) in [6, 6.07) is 0. The molecule has 0 atom stereocenters. The highest BCUT2D eigenvalue weighted by molar-refractivity contribution is 5.23. The molecule has 2 rings (SSSR count). The van der Waals surface area contributed by atoms with Crippen LogP contribution in [0, 0.1) is 0 Å². The molecule has 1 aromatic heterocycles. The number of rotatable bonds is 3. The van der Waals surface area contributed by atoms with Gasteiger partial charge in [0, 0.05) is 27.2 Å². The maximum Gasteiger partial charge on any atom is 0.224 e. The zero-order chi connectivity index (χ0) is 11.4. The first-order valence-corrected chi connectivity index (χ1v) is 5.80. The van der Waals surface area contributed by atoms with Crippen molar-refractivity contribution in [3.8, 4) is 0 Å². The highest BCUT2D eigenvalue weighted by Crippen LogP contribution is 2.07. The normalized spacial score (nSPS) is 18.4. The maximum absolute atomic E-state index is 4.20. The first kappa shape index (κ1) is 11.3. The third kappa shape index (κ3) is 2.51. The van der Waals surface area contributed by atoms with Crippen molar-refractivity contribution in [2.75, 3.05) is 38.5 Å². The zero-order valence-corrected chi connectivity index (χ0v) is 10.0. The summed E-state index contributed by atoms with van der Waals surface area (Å²) in [6.45, 7) is 5.29. The van der Waals surface area contributed by atoms with Crippen LogP contribution in [0.2, 0.25) is 0 Å². The number of nitrogens with one attached hydrogen (secondary N) is 2. The van der Waals surface area contributed by atoms with Crippen molar-refractivity contribution in [2.24, 2.45) is 7.05 Å². The Bertz CT molecular complexity index is 326. The lowest BCUT2D eigenvalue weighted by molar-refractivity contribution is 0.274. The highest BCUT2D eigenvalue weighted by atomic mass is 15.4. The van der Waals surface area contributed by atoms with Gasteiger partial charge in [0.15, 0.2) is 0 Å². The fourth-order valence-corrected chi connectivity index (χ4v) is 1.98. The van der Waals surface area contributed by atoms with Crippen LogP contribution in [0.3, 0.4) is 0 Å². The third-order valence-electron chi connectivity index (χ3n) is 2.99. The minimum atomic E-state index is 0.822. The largest absolute Gasteiger partial charge is 0.357 e. The van der Waals surface area contributed by atoms with E-state index in [0.29, 0.717) is 0 Å². The van der Waals surface area contributed by atoms with Crippen LogP contribution in [0.4, 0.5) is 5.95 Å². The maximum atomic E-state index is 4.20. The highest BCUT2D eigenvalue weighted by Gasteiger charge is 2.13. The van der Waals surface area contributed by atoms with E-state index in [0.717, 1.165) is 44.5 Å². The molecule has 0 unspecified atom stereocenters. The van der Waals surface area contributed by atoms with E-state index in [2.05, 4.69) is 25.7 Å². The van der Waals surface area contributed by atoms with Crippen LogP contribution in [-0.4, -0.2) is 52.9 Å². The molecule has 0 aromatic carbocycles. The molecule has 1 aromatic rings. The van der Waals surface area contributed by atoms with Crippen LogP contribution in [-0.2, 0) is 13.6 Å². The van der Waals surface area contributed by atoms with Crippen molar-refractivity contribution in [2.45, 2.75) is 13.0 Å². The quantitative estimate of drug-likeness (QED) is 0.735. The van der Waals surface area contributed by atoms with Crippen molar-refractivity contribution in [1.29, 1.82) is 0 Å². The van der Waals surface area contributed by atoms with E-state index < -0.39 is 0 Å². The second-order valence-corrected chi connectivity index (χ2v) is 4.13. The molecule has 6 nitrogen and oxygen atoms in total. The molecule has 1 saturated heterocycles. The molecular weight excluding hydrogens is 204 g/mol. The standard InChI is InChI=1S/C10H20N6/c1-11-10-14-13-9(15(10)2)8-16-6-3-4-12-5-7-16/h12H,3-8H2,1-2H3,(H,11,14). The van der Waals surface area contributed by atoms with Gasteiger partial charge in [0.05, 0.1) is 6.54 Å². The van der Waals surface area contributed by atoms with Gasteiger partial charge in [0.25, 0.3) is 0 Å². The number of hydrogen-bond acceptors (Lipinski definition) is 5. The summed E-state index contributed by atoms with van der Waals surface area (Å²) < 4.78 is 2.01. The number of nitrogens with zero attached hydrogens (tertiary/aromatic N) is 4. The van der Waals surface area contributed by atoms with Gasteiger partial charge in [-0.2, -0.15) is 0 Å². The lowest BCUT2D eigenvalue weighted by atomic mass is 10.4. The van der Waals surface area contributed by atoms with Crippen molar-refractivity contribution >= 4 is 5.95 Å². The van der Waals surface area contributed by atoms with E-state index in [1.165, 1.54) is 6.42 Å². The average molecular weight is 224 g/mol. The third-order valence-corrected chi connectivity index (χ3v) is 2.99. The summed E-state index contributed by atoms with van der Waals surface area (Å²) >= 11 is 0. The lowest BCUT2D eigenvalue weighted by Crippen LogP contribution is -2.28. The van der Waals surface area contributed by atoms with Gasteiger partial charge >= 0.3 is 0 Å². The average Bonchev–Trinajstić information content (AvgIpc) is 2.52. The van der Waals surface area contributed by atoms with Gasteiger partial charge in [-0.1, -0.05) is 0 Å². The van der Waals surface area contributed by atoms with Gasteiger partial charge in [-0.25, -0.2) is 0 Å². The molecule has 6 heteroatoms. The van der Waals surface area contributed by atoms with Crippen LogP contribution in [0.15, 0.2) is 0 Å². The second kappa shape index (κ2) is 5.27. The summed E-state index contributed by atoms with van der Waals surface area (Å²) in [5.74, 6) is 1.84. The van der Waals surface area contributed by atoms with Crippen LogP contribution < -0.4 is 10.6 Å². The van der Waals surface area contributed by atoms with Crippen molar-refractivity contribution in [3.63, 3.8) is 0 Å². The summed E-state index contributed by atoms with van der Waals surface area (Å²) in [5, 5.41) is 14.7. The molecule has 16 heavy (non-hydrogen) atoms. The first-order valence-electron chi connectivity index (χ1n) is 5.80. The van der Waals surface area contributed by atoms with E-state index in [4.69, 9.17) is 0 Å². The van der Waals surface area contributed by atoms with E-state index >= 15 is 0 Å². The molecule has 90 valence electrons. The topological polar surface area (TPSA) is 58.0 Å². The Morgan fingerprint density at radius 2 is 2.19 bits per heavy atom. The molecule has 1 fully saturated rings. The molecule has 2 N–H and O–H groups in total. The predicted molar refractivity (Wildman–Crippen MR) is 63.3 cm³/mol. The Labute approximate surface area is 96.0 Å². The van der Waals surface area contributed by atoms with Crippen molar-refractivity contribution in [3.05, 3.63) is 5.82 Å². The smallest absolute Gasteiger partial charge is 0.224 e. The zero-order valence-electron chi connectivity index (χ0n) is 10.0. The summed E-state index contributed by atoms with van der Waals surface area (Å²) in [5.41, 5.74) is 0. The van der Waals surface area contributed by atoms with Gasteiger partial charge in [-0.05, 0) is 19.5 Å². The number of hydrogen-bond donors (Lipinski definition) is 2. The van der Waals surface area contributed by atoms with Crippen LogP contribution in [0.5, 0.6) is 0 Å². The Balaban J connectivity index is 1.99. The molecule has 0 bridgehead atoms. The van der Waals surface area contributed by atoms with E-state index in [1.807, 2.05) is 18.7 Å². The first-order chi connectivity index (χ1) is 7.81. The Morgan fingerprint density at radius 1 is 1.31 bits per heavy atom. The molecule has 0 saturated carbocycles. The fourth-order valence-electron chi connectivity index (χ4n) is 1.98. The molecule has 2 heterocycles. The van der Waals surface area contributed by atoms with E-state index in [1.54, 1.807) is 0 Å². The SMILES string of the molecule is CNc1nnc(CN2CCCNCC2)n1C. The van der Waals surface area contributed by atoms with Gasteiger partial charge in [0.1, 0.15) is 5.82 Å². The van der Waals surface area contributed by atoms with Gasteiger partial charge in [-0.3, -0.25) is 9.47 Å². The van der Waals surface area contributed by atoms with Gasteiger partial charge < -0.3 is 10.6 Å². The summed E-state index contributed by atoms with van der Waals surface area (Å²) in [7, 11) is 3.86. The second-order valence-electron chi connectivity index (χ2n) is 4.13. The fraction of sp³-hybridized carbons (Fsp3) is 0.800. The lowest BCUT2D eigenvalue weighted by Gasteiger charge is -2.18. The molecular formula is C10H20N6. The van der Waals surface area contributed by atoms with Crippen molar-refractivity contribution in [1.82, 2.24) is 25.0 Å². The molecule has 1 aliphatic heterocycles. The Morgan fingerprint density at radius 3 is 2.94 bits per heavy atom. The number of anilines is 1. The van der Waals surface area contributed by atoms with E-state index in [9.17, 15) is 0 Å². The Hall–Kier alpha value is -1.14. The number of aromatic nitrogens is 3. The minimum Gasteiger partial charge on any atom is -0.357 e. The Kier molecular flexibility index (Phi) is 3.74. The van der Waals surface area contributed by atoms with E-state index in [-0.39, 0.29) is 0 Å². The summed E-state index contributed by atoms with van der Waals surface area (Å²) in [6.07, 6.45) is 1.21. The van der Waals surface area contributed by atoms with Gasteiger partial charge in [-0.15, -0.1) is 10.2 Å². The monoisotopic (exact) mass is 224 g/mol. The van der Waals surface area contributed by atoms with Crippen LogP contribution >= 0.6 is 0 Å². The van der Waals surface area contributed by atoms with Crippen molar-refractivity contribution < 1.29 is 0 Å². The molecule has 0 aliphatic carbocycles.